The van der Waals surface area contributed by atoms with Crippen LogP contribution in [0.25, 0.3) is 17.0 Å². The van der Waals surface area contributed by atoms with Crippen molar-refractivity contribution in [3.8, 4) is 5.75 Å². The van der Waals surface area contributed by atoms with Gasteiger partial charge in [-0.15, -0.1) is 0 Å². The molecule has 1 aromatic heterocycles. The normalized spacial score (nSPS) is 10.9. The fraction of sp³-hybridized carbons (Fsp3) is 0.0526. The maximum Gasteiger partial charge on any atom is 0.338 e. The predicted octanol–water partition coefficient (Wildman–Crippen LogP) is 3.45. The van der Waals surface area contributed by atoms with Gasteiger partial charge < -0.3 is 14.5 Å². The third-order valence-corrected chi connectivity index (χ3v) is 3.45. The molecule has 0 fully saturated rings. The van der Waals surface area contributed by atoms with E-state index in [4.69, 9.17) is 9.15 Å². The van der Waals surface area contributed by atoms with Crippen molar-refractivity contribution in [2.24, 2.45) is 0 Å². The first-order valence-electron chi connectivity index (χ1n) is 7.32. The van der Waals surface area contributed by atoms with E-state index in [1.165, 1.54) is 12.1 Å². The molecule has 0 aliphatic rings. The number of benzene rings is 2. The number of para-hydroxylation sites is 1. The largest absolute Gasteiger partial charge is 0.497 e. The Labute approximate surface area is 138 Å². The van der Waals surface area contributed by atoms with Crippen LogP contribution >= 0.6 is 0 Å². The number of nitrogens with one attached hydrogen (secondary N) is 1. The summed E-state index contributed by atoms with van der Waals surface area (Å²) in [5.74, 6) is 0.417. The van der Waals surface area contributed by atoms with Crippen molar-refractivity contribution < 1.29 is 13.9 Å². The number of fused-ring (bicyclic) bond motifs is 1. The van der Waals surface area contributed by atoms with E-state index < -0.39 is 5.63 Å². The van der Waals surface area contributed by atoms with Crippen LogP contribution in [0.5, 0.6) is 5.75 Å². The van der Waals surface area contributed by atoms with E-state index in [9.17, 15) is 9.59 Å². The molecule has 5 heteroatoms. The summed E-state index contributed by atoms with van der Waals surface area (Å²) < 4.78 is 10.2. The van der Waals surface area contributed by atoms with E-state index in [2.05, 4.69) is 5.32 Å². The van der Waals surface area contributed by atoms with Crippen LogP contribution in [0.3, 0.4) is 0 Å². The van der Waals surface area contributed by atoms with Crippen molar-refractivity contribution in [2.75, 3.05) is 12.4 Å². The maximum absolute atomic E-state index is 12.1. The number of anilines is 1. The fourth-order valence-electron chi connectivity index (χ4n) is 2.28. The smallest absolute Gasteiger partial charge is 0.338 e. The quantitative estimate of drug-likeness (QED) is 0.590. The van der Waals surface area contributed by atoms with E-state index in [0.29, 0.717) is 16.7 Å². The number of carbonyl (C=O) groups is 1. The summed E-state index contributed by atoms with van der Waals surface area (Å²) in [7, 11) is 1.60. The number of amides is 1. The lowest BCUT2D eigenvalue weighted by molar-refractivity contribution is -0.111. The van der Waals surface area contributed by atoms with Crippen LogP contribution in [0.2, 0.25) is 0 Å². The van der Waals surface area contributed by atoms with Crippen molar-refractivity contribution in [3.63, 3.8) is 0 Å². The number of carbonyl (C=O) groups excluding carboxylic acids is 1. The van der Waals surface area contributed by atoms with E-state index in [1.807, 2.05) is 30.3 Å². The van der Waals surface area contributed by atoms with Gasteiger partial charge >= 0.3 is 5.63 Å². The fourth-order valence-corrected chi connectivity index (χ4v) is 2.28. The molecule has 0 unspecified atom stereocenters. The molecule has 1 amide bonds. The van der Waals surface area contributed by atoms with Crippen molar-refractivity contribution in [1.29, 1.82) is 0 Å². The molecule has 3 aromatic rings. The second-order valence-electron chi connectivity index (χ2n) is 5.07. The van der Waals surface area contributed by atoms with Gasteiger partial charge in [-0.2, -0.15) is 0 Å². The van der Waals surface area contributed by atoms with Crippen LogP contribution in [-0.2, 0) is 4.79 Å². The van der Waals surface area contributed by atoms with Gasteiger partial charge in [-0.05, 0) is 35.9 Å². The third kappa shape index (κ3) is 3.52. The van der Waals surface area contributed by atoms with Gasteiger partial charge in [-0.3, -0.25) is 4.79 Å². The highest BCUT2D eigenvalue weighted by atomic mass is 16.5. The van der Waals surface area contributed by atoms with Gasteiger partial charge in [-0.1, -0.05) is 24.3 Å². The molecule has 0 saturated heterocycles. The molecule has 2 aromatic carbocycles. The summed E-state index contributed by atoms with van der Waals surface area (Å²) in [5.41, 5.74) is 1.21. The Hall–Kier alpha value is -3.34. The highest BCUT2D eigenvalue weighted by molar-refractivity contribution is 6.06. The summed E-state index contributed by atoms with van der Waals surface area (Å²) in [6, 6.07) is 15.6. The molecule has 0 saturated carbocycles. The van der Waals surface area contributed by atoms with Gasteiger partial charge in [0.15, 0.2) is 0 Å². The minimum Gasteiger partial charge on any atom is -0.497 e. The molecule has 0 radical (unpaired) electrons. The zero-order chi connectivity index (χ0) is 16.9. The van der Waals surface area contributed by atoms with Crippen molar-refractivity contribution in [3.05, 3.63) is 76.7 Å². The average Bonchev–Trinajstić information content (AvgIpc) is 2.60. The van der Waals surface area contributed by atoms with Gasteiger partial charge in [0, 0.05) is 17.5 Å². The molecule has 3 rings (SSSR count). The van der Waals surface area contributed by atoms with Crippen LogP contribution in [-0.4, -0.2) is 13.0 Å². The number of hydrogen-bond donors (Lipinski definition) is 1. The first kappa shape index (κ1) is 15.6. The van der Waals surface area contributed by atoms with Crippen molar-refractivity contribution in [1.82, 2.24) is 0 Å². The lowest BCUT2D eigenvalue weighted by atomic mass is 10.2. The average molecular weight is 321 g/mol. The van der Waals surface area contributed by atoms with Gasteiger partial charge in [0.2, 0.25) is 5.91 Å². The Balaban J connectivity index is 1.79. The van der Waals surface area contributed by atoms with Crippen LogP contribution in [0.1, 0.15) is 5.56 Å². The molecule has 0 atom stereocenters. The Morgan fingerprint density at radius 1 is 1.12 bits per heavy atom. The number of methoxy groups -OCH3 is 1. The van der Waals surface area contributed by atoms with E-state index in [-0.39, 0.29) is 5.91 Å². The number of rotatable bonds is 4. The number of hydrogen-bond acceptors (Lipinski definition) is 4. The molecule has 0 aliphatic carbocycles. The molecular weight excluding hydrogens is 306 g/mol. The topological polar surface area (TPSA) is 68.5 Å². The highest BCUT2D eigenvalue weighted by Crippen LogP contribution is 2.21. The van der Waals surface area contributed by atoms with Gasteiger partial charge in [0.1, 0.15) is 11.3 Å². The minimum absolute atomic E-state index is 0.332. The SMILES string of the molecule is COc1ccc(C=CC(=O)Nc2cc(=O)oc3ccccc23)cc1. The molecule has 1 heterocycles. The Kier molecular flexibility index (Phi) is 4.43. The summed E-state index contributed by atoms with van der Waals surface area (Å²) >= 11 is 0. The van der Waals surface area contributed by atoms with Gasteiger partial charge in [-0.25, -0.2) is 4.79 Å². The molecular formula is C19H15NO4. The van der Waals surface area contributed by atoms with Crippen LogP contribution in [0.15, 0.2) is 69.9 Å². The van der Waals surface area contributed by atoms with E-state index >= 15 is 0 Å². The zero-order valence-corrected chi connectivity index (χ0v) is 13.0. The van der Waals surface area contributed by atoms with Gasteiger partial charge in [0.25, 0.3) is 0 Å². The van der Waals surface area contributed by atoms with Crippen molar-refractivity contribution >= 4 is 28.6 Å². The number of ether oxygens (including phenoxy) is 1. The molecule has 120 valence electrons. The van der Waals surface area contributed by atoms with Crippen LogP contribution in [0.4, 0.5) is 5.69 Å². The Morgan fingerprint density at radius 2 is 1.88 bits per heavy atom. The first-order chi connectivity index (χ1) is 11.7. The summed E-state index contributed by atoms with van der Waals surface area (Å²) in [4.78, 5) is 23.7. The lowest BCUT2D eigenvalue weighted by Crippen LogP contribution is -2.10. The summed E-state index contributed by atoms with van der Waals surface area (Å²) in [6.07, 6.45) is 3.09. The first-order valence-corrected chi connectivity index (χ1v) is 7.32. The molecule has 0 aliphatic heterocycles. The second-order valence-corrected chi connectivity index (χ2v) is 5.07. The second kappa shape index (κ2) is 6.83. The maximum atomic E-state index is 12.1. The molecule has 24 heavy (non-hydrogen) atoms. The minimum atomic E-state index is -0.511. The zero-order valence-electron chi connectivity index (χ0n) is 13.0. The van der Waals surface area contributed by atoms with Gasteiger partial charge in [0.05, 0.1) is 12.8 Å². The lowest BCUT2D eigenvalue weighted by Gasteiger charge is -2.05. The standard InChI is InChI=1S/C19H15NO4/c1-23-14-9-6-13(7-10-14)8-11-18(21)20-16-12-19(22)24-17-5-3-2-4-15(16)17/h2-12H,1H3,(H,20,21). The predicted molar refractivity (Wildman–Crippen MR) is 93.1 cm³/mol. The molecule has 0 bridgehead atoms. The molecule has 5 nitrogen and oxygen atoms in total. The Bertz CT molecular complexity index is 955. The highest BCUT2D eigenvalue weighted by Gasteiger charge is 2.06. The molecule has 1 N–H and O–H groups in total. The van der Waals surface area contributed by atoms with Crippen LogP contribution in [0, 0.1) is 0 Å². The third-order valence-electron chi connectivity index (χ3n) is 3.45. The van der Waals surface area contributed by atoms with E-state index in [0.717, 1.165) is 11.3 Å². The van der Waals surface area contributed by atoms with Crippen molar-refractivity contribution in [2.45, 2.75) is 0 Å². The summed E-state index contributed by atoms with van der Waals surface area (Å²) in [6.45, 7) is 0. The molecule has 0 spiro atoms. The Morgan fingerprint density at radius 3 is 2.62 bits per heavy atom. The van der Waals surface area contributed by atoms with Crippen LogP contribution < -0.4 is 15.7 Å². The monoisotopic (exact) mass is 321 g/mol. The summed E-state index contributed by atoms with van der Waals surface area (Å²) in [5, 5.41) is 3.38. The van der Waals surface area contributed by atoms with E-state index in [1.54, 1.807) is 31.4 Å².